The molecule has 0 saturated carbocycles. The monoisotopic (exact) mass is 220 g/mol. The van der Waals surface area contributed by atoms with E-state index in [4.69, 9.17) is 11.6 Å². The fourth-order valence-electron chi connectivity index (χ4n) is 1.57. The molecule has 72 valence electrons. The first-order chi connectivity index (χ1) is 6.12. The van der Waals surface area contributed by atoms with Crippen LogP contribution >= 0.6 is 11.6 Å². The van der Waals surface area contributed by atoms with Gasteiger partial charge in [-0.2, -0.15) is 0 Å². The van der Waals surface area contributed by atoms with Gasteiger partial charge in [-0.25, -0.2) is 13.4 Å². The van der Waals surface area contributed by atoms with E-state index in [1.54, 1.807) is 0 Å². The molecule has 0 aromatic rings. The van der Waals surface area contributed by atoms with Gasteiger partial charge in [0.25, 0.3) is 0 Å². The van der Waals surface area contributed by atoms with Crippen molar-refractivity contribution in [2.45, 2.75) is 6.42 Å². The van der Waals surface area contributed by atoms with Gasteiger partial charge >= 0.3 is 0 Å². The summed E-state index contributed by atoms with van der Waals surface area (Å²) < 4.78 is 22.7. The van der Waals surface area contributed by atoms with E-state index < -0.39 is 9.84 Å². The quantitative estimate of drug-likeness (QED) is 0.699. The van der Waals surface area contributed by atoms with Crippen molar-refractivity contribution in [1.29, 1.82) is 0 Å². The van der Waals surface area contributed by atoms with E-state index in [9.17, 15) is 8.42 Å². The van der Waals surface area contributed by atoms with E-state index in [-0.39, 0.29) is 10.4 Å². The molecule has 1 N–H and O–H groups in total. The van der Waals surface area contributed by atoms with Crippen molar-refractivity contribution in [2.75, 3.05) is 13.1 Å². The maximum absolute atomic E-state index is 11.5. The molecule has 2 rings (SSSR count). The van der Waals surface area contributed by atoms with E-state index >= 15 is 0 Å². The molecule has 0 bridgehead atoms. The first-order valence-electron chi connectivity index (χ1n) is 4.01. The second-order valence-electron chi connectivity index (χ2n) is 3.11. The van der Waals surface area contributed by atoms with Gasteiger partial charge < -0.3 is 5.32 Å². The molecule has 0 aromatic carbocycles. The van der Waals surface area contributed by atoms with Crippen molar-refractivity contribution >= 4 is 25.9 Å². The van der Waals surface area contributed by atoms with Crippen LogP contribution in [0.4, 0.5) is 0 Å². The molecule has 1 atom stereocenters. The highest BCUT2D eigenvalue weighted by atomic mass is 35.5. The number of nitrogens with one attached hydrogen (secondary N) is 1. The number of halogens is 1. The highest BCUT2D eigenvalue weighted by Crippen LogP contribution is 2.29. The predicted molar refractivity (Wildman–Crippen MR) is 51.3 cm³/mol. The number of hydrogen-bond donors (Lipinski definition) is 1. The van der Waals surface area contributed by atoms with E-state index in [1.165, 1.54) is 6.20 Å². The molecule has 6 heteroatoms. The fraction of sp³-hybridized carbons (Fsp3) is 0.571. The number of hydrogen-bond acceptors (Lipinski definition) is 4. The third kappa shape index (κ3) is 1.41. The van der Waals surface area contributed by atoms with Crippen LogP contribution in [-0.4, -0.2) is 26.0 Å². The molecule has 0 aromatic heterocycles. The highest BCUT2D eigenvalue weighted by molar-refractivity contribution is 8.12. The Balaban J connectivity index is 2.29. The van der Waals surface area contributed by atoms with Gasteiger partial charge in [-0.1, -0.05) is 0 Å². The Morgan fingerprint density at radius 2 is 2.38 bits per heavy atom. The molecule has 2 aliphatic heterocycles. The van der Waals surface area contributed by atoms with Gasteiger partial charge in [-0.15, -0.1) is 0 Å². The minimum atomic E-state index is -3.41. The minimum Gasteiger partial charge on any atom is -0.316 e. The summed E-state index contributed by atoms with van der Waals surface area (Å²) in [6.45, 7) is 1.56. The van der Waals surface area contributed by atoms with Crippen LogP contribution in [0.3, 0.4) is 0 Å². The molecule has 4 nitrogen and oxygen atoms in total. The van der Waals surface area contributed by atoms with Crippen molar-refractivity contribution in [1.82, 2.24) is 5.32 Å². The molecule has 0 spiro atoms. The second kappa shape index (κ2) is 3.08. The maximum Gasteiger partial charge on any atom is 0.232 e. The summed E-state index contributed by atoms with van der Waals surface area (Å²) in [5.41, 5.74) is 0. The summed E-state index contributed by atoms with van der Waals surface area (Å²) in [6, 6.07) is 0. The molecule has 2 aliphatic rings. The number of sulfone groups is 1. The van der Waals surface area contributed by atoms with E-state index in [1.807, 2.05) is 0 Å². The summed E-state index contributed by atoms with van der Waals surface area (Å²) in [4.78, 5) is 3.98. The zero-order valence-electron chi connectivity index (χ0n) is 6.83. The van der Waals surface area contributed by atoms with Gasteiger partial charge in [0.1, 0.15) is 0 Å². The van der Waals surface area contributed by atoms with Gasteiger partial charge in [0, 0.05) is 18.7 Å². The van der Waals surface area contributed by atoms with Crippen LogP contribution < -0.4 is 5.32 Å². The van der Waals surface area contributed by atoms with Gasteiger partial charge in [-0.05, 0) is 24.6 Å². The first kappa shape index (κ1) is 9.18. The normalized spacial score (nSPS) is 31.6. The molecule has 1 fully saturated rings. The third-order valence-electron chi connectivity index (χ3n) is 2.29. The van der Waals surface area contributed by atoms with Crippen molar-refractivity contribution in [3.8, 4) is 0 Å². The molecule has 1 unspecified atom stereocenters. The van der Waals surface area contributed by atoms with Crippen LogP contribution in [0.5, 0.6) is 0 Å². The Bertz CT molecular complexity index is 379. The fourth-order valence-corrected chi connectivity index (χ4v) is 3.11. The Hall–Kier alpha value is -0.390. The Labute approximate surface area is 81.6 Å². The smallest absolute Gasteiger partial charge is 0.232 e. The zero-order valence-corrected chi connectivity index (χ0v) is 8.40. The van der Waals surface area contributed by atoms with Gasteiger partial charge in [0.05, 0.1) is 4.91 Å². The van der Waals surface area contributed by atoms with Crippen molar-refractivity contribution < 1.29 is 8.42 Å². The summed E-state index contributed by atoms with van der Waals surface area (Å²) in [7, 11) is -3.41. The van der Waals surface area contributed by atoms with Crippen LogP contribution in [0.25, 0.3) is 0 Å². The molecule has 0 amide bonds. The summed E-state index contributed by atoms with van der Waals surface area (Å²) in [6.07, 6.45) is 2.21. The largest absolute Gasteiger partial charge is 0.316 e. The highest BCUT2D eigenvalue weighted by Gasteiger charge is 2.34. The SMILES string of the molecule is O=S1(=O)C(C2CCNC2)=CN=C1Cl. The van der Waals surface area contributed by atoms with Gasteiger partial charge in [0.15, 0.2) is 0 Å². The molecule has 13 heavy (non-hydrogen) atoms. The lowest BCUT2D eigenvalue weighted by molar-refractivity contribution is 0.602. The second-order valence-corrected chi connectivity index (χ2v) is 5.55. The number of nitrogens with zero attached hydrogens (tertiary/aromatic N) is 1. The Kier molecular flexibility index (Phi) is 2.17. The van der Waals surface area contributed by atoms with Crippen LogP contribution in [0, 0.1) is 5.92 Å². The summed E-state index contributed by atoms with van der Waals surface area (Å²) in [5, 5.41) is 3.10. The maximum atomic E-state index is 11.5. The van der Waals surface area contributed by atoms with Crippen LogP contribution in [0.1, 0.15) is 6.42 Å². The van der Waals surface area contributed by atoms with E-state index in [2.05, 4.69) is 10.3 Å². The third-order valence-corrected chi connectivity index (χ3v) is 4.60. The average molecular weight is 221 g/mol. The molecule has 1 saturated heterocycles. The van der Waals surface area contributed by atoms with Crippen LogP contribution in [-0.2, 0) is 9.84 Å². The molecule has 0 radical (unpaired) electrons. The Morgan fingerprint density at radius 1 is 1.62 bits per heavy atom. The van der Waals surface area contributed by atoms with E-state index in [0.29, 0.717) is 11.4 Å². The minimum absolute atomic E-state index is 0.0463. The van der Waals surface area contributed by atoms with Gasteiger partial charge in [-0.3, -0.25) is 0 Å². The average Bonchev–Trinajstić information content (AvgIpc) is 2.62. The topological polar surface area (TPSA) is 58.5 Å². The number of aliphatic imine (C=N–C) groups is 1. The van der Waals surface area contributed by atoms with Crippen LogP contribution in [0.2, 0.25) is 0 Å². The summed E-state index contributed by atoms with van der Waals surface area (Å²) >= 11 is 5.47. The van der Waals surface area contributed by atoms with Crippen molar-refractivity contribution in [2.24, 2.45) is 10.9 Å². The molecular formula is C7H9ClN2O2S. The van der Waals surface area contributed by atoms with Crippen LogP contribution in [0.15, 0.2) is 16.1 Å². The molecule has 2 heterocycles. The molecule has 0 aliphatic carbocycles. The summed E-state index contributed by atoms with van der Waals surface area (Å²) in [5.74, 6) is 0.0463. The standard InChI is InChI=1S/C7H9ClN2O2S/c8-7-10-4-6(13(7,11)12)5-1-2-9-3-5/h4-5,9H,1-3H2. The molecular weight excluding hydrogens is 212 g/mol. The number of rotatable bonds is 1. The van der Waals surface area contributed by atoms with Crippen molar-refractivity contribution in [3.05, 3.63) is 11.1 Å². The van der Waals surface area contributed by atoms with Gasteiger partial charge in [0.2, 0.25) is 14.3 Å². The lowest BCUT2D eigenvalue weighted by Crippen LogP contribution is -2.17. The zero-order chi connectivity index (χ0) is 9.47. The van der Waals surface area contributed by atoms with E-state index in [0.717, 1.165) is 13.0 Å². The predicted octanol–water partition coefficient (Wildman–Crippen LogP) is 0.460. The lowest BCUT2D eigenvalue weighted by Gasteiger charge is -2.07. The lowest BCUT2D eigenvalue weighted by atomic mass is 10.1. The first-order valence-corrected chi connectivity index (χ1v) is 5.87. The Morgan fingerprint density at radius 3 is 2.85 bits per heavy atom. The van der Waals surface area contributed by atoms with Crippen molar-refractivity contribution in [3.63, 3.8) is 0 Å².